The lowest BCUT2D eigenvalue weighted by Crippen LogP contribution is -2.54. The SMILES string of the molecule is C[C@](N)(Cc1ccc(C#N)cc1)NC(=O)O. The third-order valence-electron chi connectivity index (χ3n) is 2.05. The fourth-order valence-corrected chi connectivity index (χ4v) is 1.41. The summed E-state index contributed by atoms with van der Waals surface area (Å²) < 4.78 is 0. The average molecular weight is 219 g/mol. The molecule has 1 amide bonds. The van der Waals surface area contributed by atoms with Gasteiger partial charge in [0.2, 0.25) is 0 Å². The lowest BCUT2D eigenvalue weighted by Gasteiger charge is -2.24. The number of nitrogens with two attached hydrogens (primary N) is 1. The van der Waals surface area contributed by atoms with Crippen molar-refractivity contribution in [3.8, 4) is 6.07 Å². The van der Waals surface area contributed by atoms with E-state index >= 15 is 0 Å². The molecular formula is C11H13N3O2. The molecule has 1 atom stereocenters. The summed E-state index contributed by atoms with van der Waals surface area (Å²) in [5.41, 5.74) is 6.19. The fraction of sp³-hybridized carbons (Fsp3) is 0.273. The number of benzene rings is 1. The van der Waals surface area contributed by atoms with Gasteiger partial charge in [-0.3, -0.25) is 0 Å². The van der Waals surface area contributed by atoms with Crippen molar-refractivity contribution in [2.75, 3.05) is 0 Å². The number of nitriles is 1. The number of amides is 1. The number of nitrogens with zero attached hydrogens (tertiary/aromatic N) is 1. The molecule has 0 unspecified atom stereocenters. The van der Waals surface area contributed by atoms with Crippen LogP contribution in [0.3, 0.4) is 0 Å². The van der Waals surface area contributed by atoms with Crippen molar-refractivity contribution in [3.05, 3.63) is 35.4 Å². The largest absolute Gasteiger partial charge is 0.465 e. The molecule has 1 aromatic carbocycles. The zero-order chi connectivity index (χ0) is 12.2. The molecule has 0 fully saturated rings. The van der Waals surface area contributed by atoms with E-state index in [1.165, 1.54) is 0 Å². The Kier molecular flexibility index (Phi) is 3.48. The normalized spacial score (nSPS) is 13.6. The second-order valence-electron chi connectivity index (χ2n) is 3.83. The number of hydrogen-bond acceptors (Lipinski definition) is 3. The van der Waals surface area contributed by atoms with Gasteiger partial charge in [0.15, 0.2) is 0 Å². The van der Waals surface area contributed by atoms with Gasteiger partial charge >= 0.3 is 6.09 Å². The molecule has 4 N–H and O–H groups in total. The Bertz CT molecular complexity index is 418. The summed E-state index contributed by atoms with van der Waals surface area (Å²) in [4.78, 5) is 10.5. The lowest BCUT2D eigenvalue weighted by atomic mass is 10.0. The maximum Gasteiger partial charge on any atom is 0.406 e. The van der Waals surface area contributed by atoms with E-state index in [0.29, 0.717) is 12.0 Å². The third-order valence-corrected chi connectivity index (χ3v) is 2.05. The minimum Gasteiger partial charge on any atom is -0.465 e. The summed E-state index contributed by atoms with van der Waals surface area (Å²) in [5.74, 6) is 0. The standard InChI is InChI=1S/C11H13N3O2/c1-11(13,14-10(15)16)6-8-2-4-9(7-12)5-3-8/h2-5,14H,6,13H2,1H3,(H,15,16)/t11-/m1/s1. The van der Waals surface area contributed by atoms with Crippen LogP contribution in [-0.2, 0) is 6.42 Å². The Morgan fingerprint density at radius 2 is 2.12 bits per heavy atom. The van der Waals surface area contributed by atoms with Crippen LogP contribution in [0, 0.1) is 11.3 Å². The molecule has 84 valence electrons. The molecular weight excluding hydrogens is 206 g/mol. The molecule has 1 rings (SSSR count). The van der Waals surface area contributed by atoms with Crippen molar-refractivity contribution < 1.29 is 9.90 Å². The molecule has 0 spiro atoms. The predicted molar refractivity (Wildman–Crippen MR) is 58.6 cm³/mol. The van der Waals surface area contributed by atoms with Crippen LogP contribution >= 0.6 is 0 Å². The van der Waals surface area contributed by atoms with Crippen LogP contribution in [0.15, 0.2) is 24.3 Å². The molecule has 0 aliphatic heterocycles. The predicted octanol–water partition coefficient (Wildman–Crippen LogP) is 1.04. The number of rotatable bonds is 3. The van der Waals surface area contributed by atoms with Crippen LogP contribution in [-0.4, -0.2) is 16.9 Å². The van der Waals surface area contributed by atoms with Gasteiger partial charge in [0.25, 0.3) is 0 Å². The van der Waals surface area contributed by atoms with Gasteiger partial charge in [-0.2, -0.15) is 5.26 Å². The summed E-state index contributed by atoms with van der Waals surface area (Å²) in [6.07, 6.45) is -0.788. The Labute approximate surface area is 93.5 Å². The number of carbonyl (C=O) groups is 1. The molecule has 0 saturated heterocycles. The summed E-state index contributed by atoms with van der Waals surface area (Å²) in [6.45, 7) is 1.60. The molecule has 5 heteroatoms. The van der Waals surface area contributed by atoms with Gasteiger partial charge in [0.1, 0.15) is 0 Å². The van der Waals surface area contributed by atoms with Crippen LogP contribution in [0.1, 0.15) is 18.1 Å². The van der Waals surface area contributed by atoms with Gasteiger partial charge in [0, 0.05) is 6.42 Å². The summed E-state index contributed by atoms with van der Waals surface area (Å²) >= 11 is 0. The van der Waals surface area contributed by atoms with Crippen molar-refractivity contribution in [1.29, 1.82) is 5.26 Å². The number of nitrogens with one attached hydrogen (secondary N) is 1. The molecule has 0 aliphatic rings. The Morgan fingerprint density at radius 1 is 1.56 bits per heavy atom. The van der Waals surface area contributed by atoms with Crippen molar-refractivity contribution in [2.45, 2.75) is 19.0 Å². The zero-order valence-electron chi connectivity index (χ0n) is 8.90. The van der Waals surface area contributed by atoms with Crippen molar-refractivity contribution in [3.63, 3.8) is 0 Å². The Morgan fingerprint density at radius 3 is 2.56 bits per heavy atom. The quantitative estimate of drug-likeness (QED) is 0.661. The summed E-state index contributed by atoms with van der Waals surface area (Å²) in [7, 11) is 0. The average Bonchev–Trinajstić information content (AvgIpc) is 2.16. The van der Waals surface area contributed by atoms with E-state index in [-0.39, 0.29) is 0 Å². The van der Waals surface area contributed by atoms with Crippen molar-refractivity contribution in [2.24, 2.45) is 5.73 Å². The van der Waals surface area contributed by atoms with Crippen LogP contribution in [0.2, 0.25) is 0 Å². The van der Waals surface area contributed by atoms with E-state index in [2.05, 4.69) is 5.32 Å². The van der Waals surface area contributed by atoms with E-state index in [9.17, 15) is 4.79 Å². The van der Waals surface area contributed by atoms with Crippen molar-refractivity contribution >= 4 is 6.09 Å². The zero-order valence-corrected chi connectivity index (χ0v) is 8.90. The van der Waals surface area contributed by atoms with E-state index in [0.717, 1.165) is 5.56 Å². The fourth-order valence-electron chi connectivity index (χ4n) is 1.41. The van der Waals surface area contributed by atoms with Gasteiger partial charge in [-0.25, -0.2) is 4.79 Å². The number of hydrogen-bond donors (Lipinski definition) is 3. The first-order valence-electron chi connectivity index (χ1n) is 4.72. The topological polar surface area (TPSA) is 99.1 Å². The minimum absolute atomic E-state index is 0.366. The van der Waals surface area contributed by atoms with Gasteiger partial charge < -0.3 is 16.2 Å². The van der Waals surface area contributed by atoms with E-state index in [1.807, 2.05) is 6.07 Å². The summed E-state index contributed by atoms with van der Waals surface area (Å²) in [5, 5.41) is 19.4. The van der Waals surface area contributed by atoms with Crippen LogP contribution < -0.4 is 11.1 Å². The van der Waals surface area contributed by atoms with Gasteiger partial charge in [-0.1, -0.05) is 12.1 Å². The first-order valence-corrected chi connectivity index (χ1v) is 4.72. The second kappa shape index (κ2) is 4.64. The second-order valence-corrected chi connectivity index (χ2v) is 3.83. The molecule has 0 aliphatic carbocycles. The molecule has 0 heterocycles. The van der Waals surface area contributed by atoms with Gasteiger partial charge in [-0.15, -0.1) is 0 Å². The first-order chi connectivity index (χ1) is 7.43. The van der Waals surface area contributed by atoms with Crippen LogP contribution in [0.4, 0.5) is 4.79 Å². The highest BCUT2D eigenvalue weighted by Gasteiger charge is 2.20. The first kappa shape index (κ1) is 12.0. The number of carboxylic acid groups (broad SMARTS) is 1. The monoisotopic (exact) mass is 219 g/mol. The third kappa shape index (κ3) is 3.59. The molecule has 5 nitrogen and oxygen atoms in total. The maximum absolute atomic E-state index is 10.5. The van der Waals surface area contributed by atoms with Crippen molar-refractivity contribution in [1.82, 2.24) is 5.32 Å². The maximum atomic E-state index is 10.5. The van der Waals surface area contributed by atoms with E-state index in [4.69, 9.17) is 16.1 Å². The van der Waals surface area contributed by atoms with Gasteiger partial charge in [-0.05, 0) is 24.6 Å². The molecule has 1 aromatic rings. The molecule has 0 aromatic heterocycles. The van der Waals surface area contributed by atoms with Crippen LogP contribution in [0.5, 0.6) is 0 Å². The Hall–Kier alpha value is -2.06. The molecule has 0 saturated carbocycles. The summed E-state index contributed by atoms with van der Waals surface area (Å²) in [6, 6.07) is 8.87. The van der Waals surface area contributed by atoms with Gasteiger partial charge in [0.05, 0.1) is 17.3 Å². The lowest BCUT2D eigenvalue weighted by molar-refractivity contribution is 0.180. The molecule has 16 heavy (non-hydrogen) atoms. The van der Waals surface area contributed by atoms with Crippen LogP contribution in [0.25, 0.3) is 0 Å². The van der Waals surface area contributed by atoms with E-state index < -0.39 is 11.8 Å². The highest BCUT2D eigenvalue weighted by Crippen LogP contribution is 2.09. The highest BCUT2D eigenvalue weighted by atomic mass is 16.4. The highest BCUT2D eigenvalue weighted by molar-refractivity contribution is 5.65. The van der Waals surface area contributed by atoms with E-state index in [1.54, 1.807) is 31.2 Å². The minimum atomic E-state index is -1.15. The smallest absolute Gasteiger partial charge is 0.406 e. The molecule has 0 bridgehead atoms. The molecule has 0 radical (unpaired) electrons. The Balaban J connectivity index is 2.72.